The van der Waals surface area contributed by atoms with Gasteiger partial charge < -0.3 is 5.11 Å². The van der Waals surface area contributed by atoms with Crippen molar-refractivity contribution in [3.8, 4) is 0 Å². The summed E-state index contributed by atoms with van der Waals surface area (Å²) in [6.45, 7) is 0.0638. The molecule has 0 amide bonds. The number of aliphatic hydroxyl groups is 1. The van der Waals surface area contributed by atoms with Gasteiger partial charge >= 0.3 is 0 Å². The summed E-state index contributed by atoms with van der Waals surface area (Å²) in [5.41, 5.74) is -0.913. The summed E-state index contributed by atoms with van der Waals surface area (Å²) in [5.74, 6) is 0. The summed E-state index contributed by atoms with van der Waals surface area (Å²) < 4.78 is 26.2. The van der Waals surface area contributed by atoms with Crippen LogP contribution in [0.1, 0.15) is 38.5 Å². The fraction of sp³-hybridized carbons (Fsp3) is 0.727. The van der Waals surface area contributed by atoms with Gasteiger partial charge in [-0.05, 0) is 18.9 Å². The van der Waals surface area contributed by atoms with Crippen molar-refractivity contribution >= 4 is 10.0 Å². The van der Waals surface area contributed by atoms with Crippen molar-refractivity contribution < 1.29 is 13.5 Å². The number of aromatic nitrogens is 2. The van der Waals surface area contributed by atoms with Gasteiger partial charge in [-0.2, -0.15) is 5.10 Å². The fourth-order valence-electron chi connectivity index (χ4n) is 2.26. The molecule has 0 bridgehead atoms. The van der Waals surface area contributed by atoms with Crippen molar-refractivity contribution in [3.63, 3.8) is 0 Å². The molecule has 1 fully saturated rings. The molecule has 7 heteroatoms. The lowest BCUT2D eigenvalue weighted by Gasteiger charge is -2.26. The van der Waals surface area contributed by atoms with Crippen molar-refractivity contribution in [1.82, 2.24) is 14.9 Å². The average Bonchev–Trinajstić information content (AvgIpc) is 2.79. The van der Waals surface area contributed by atoms with Gasteiger partial charge in [0.15, 0.2) is 5.03 Å². The molecule has 1 aliphatic carbocycles. The molecule has 6 nitrogen and oxygen atoms in total. The van der Waals surface area contributed by atoms with E-state index in [-0.39, 0.29) is 11.6 Å². The van der Waals surface area contributed by atoms with Crippen LogP contribution in [0.15, 0.2) is 17.3 Å². The Labute approximate surface area is 107 Å². The van der Waals surface area contributed by atoms with Gasteiger partial charge in [0.25, 0.3) is 10.0 Å². The number of nitrogens with one attached hydrogen (secondary N) is 2. The third-order valence-electron chi connectivity index (χ3n) is 3.39. The zero-order chi connectivity index (χ0) is 13.1. The molecule has 0 aliphatic heterocycles. The van der Waals surface area contributed by atoms with E-state index < -0.39 is 15.6 Å². The summed E-state index contributed by atoms with van der Waals surface area (Å²) in [4.78, 5) is 0. The fourth-order valence-corrected chi connectivity index (χ4v) is 3.29. The normalized spacial score (nSPS) is 20.5. The second-order valence-corrected chi connectivity index (χ2v) is 6.62. The lowest BCUT2D eigenvalue weighted by Crippen LogP contribution is -2.42. The number of rotatable bonds is 4. The summed E-state index contributed by atoms with van der Waals surface area (Å²) in [6, 6.07) is 1.39. The van der Waals surface area contributed by atoms with Crippen LogP contribution in [0.4, 0.5) is 0 Å². The van der Waals surface area contributed by atoms with Crippen molar-refractivity contribution in [1.29, 1.82) is 0 Å². The van der Waals surface area contributed by atoms with Gasteiger partial charge in [-0.3, -0.25) is 5.10 Å². The lowest BCUT2D eigenvalue weighted by atomic mass is 9.95. The van der Waals surface area contributed by atoms with Crippen molar-refractivity contribution in [2.24, 2.45) is 0 Å². The average molecular weight is 273 g/mol. The Morgan fingerprint density at radius 1 is 1.33 bits per heavy atom. The molecule has 0 aromatic carbocycles. The molecule has 0 saturated heterocycles. The third-order valence-corrected chi connectivity index (χ3v) is 4.72. The molecule has 1 aromatic heterocycles. The van der Waals surface area contributed by atoms with Crippen LogP contribution >= 0.6 is 0 Å². The van der Waals surface area contributed by atoms with Crippen LogP contribution in [0, 0.1) is 0 Å². The number of hydrogen-bond acceptors (Lipinski definition) is 4. The first-order valence-electron chi connectivity index (χ1n) is 6.23. The SMILES string of the molecule is O=S(=O)(NCC1(O)CCCCCC1)c1ccn[nH]1. The van der Waals surface area contributed by atoms with Gasteiger partial charge in [-0.15, -0.1) is 0 Å². The second kappa shape index (κ2) is 5.38. The van der Waals surface area contributed by atoms with Crippen LogP contribution in [0.2, 0.25) is 0 Å². The van der Waals surface area contributed by atoms with Crippen molar-refractivity contribution in [2.75, 3.05) is 6.54 Å². The largest absolute Gasteiger partial charge is 0.389 e. The van der Waals surface area contributed by atoms with E-state index in [9.17, 15) is 13.5 Å². The first kappa shape index (κ1) is 13.5. The maximum Gasteiger partial charge on any atom is 0.257 e. The molecule has 0 spiro atoms. The van der Waals surface area contributed by atoms with E-state index >= 15 is 0 Å². The molecule has 0 radical (unpaired) electrons. The van der Waals surface area contributed by atoms with E-state index in [0.717, 1.165) is 25.7 Å². The predicted octanol–water partition coefficient (Wildman–Crippen LogP) is 0.773. The summed E-state index contributed by atoms with van der Waals surface area (Å²) in [6.07, 6.45) is 6.79. The molecule has 1 aliphatic rings. The predicted molar refractivity (Wildman–Crippen MR) is 66.4 cm³/mol. The molecule has 2 rings (SSSR count). The maximum atomic E-state index is 11.9. The highest BCUT2D eigenvalue weighted by Crippen LogP contribution is 2.26. The monoisotopic (exact) mass is 273 g/mol. The maximum absolute atomic E-state index is 11.9. The summed E-state index contributed by atoms with van der Waals surface area (Å²) >= 11 is 0. The molecule has 102 valence electrons. The van der Waals surface area contributed by atoms with E-state index in [2.05, 4.69) is 14.9 Å². The van der Waals surface area contributed by atoms with Crippen LogP contribution in [-0.2, 0) is 10.0 Å². The molecule has 1 heterocycles. The second-order valence-electron chi connectivity index (χ2n) is 4.88. The summed E-state index contributed by atoms with van der Waals surface area (Å²) in [7, 11) is -3.59. The molecule has 0 atom stereocenters. The van der Waals surface area contributed by atoms with Gasteiger partial charge in [0.2, 0.25) is 0 Å². The van der Waals surface area contributed by atoms with Crippen LogP contribution in [0.3, 0.4) is 0 Å². The van der Waals surface area contributed by atoms with Gasteiger partial charge in [0.05, 0.1) is 11.8 Å². The van der Waals surface area contributed by atoms with Crippen LogP contribution in [0.25, 0.3) is 0 Å². The minimum absolute atomic E-state index is 0.0275. The Kier molecular flexibility index (Phi) is 4.04. The molecular formula is C11H19N3O3S. The number of sulfonamides is 1. The van der Waals surface area contributed by atoms with E-state index in [0.29, 0.717) is 12.8 Å². The van der Waals surface area contributed by atoms with Crippen LogP contribution in [0.5, 0.6) is 0 Å². The van der Waals surface area contributed by atoms with Crippen LogP contribution in [-0.4, -0.2) is 35.9 Å². The highest BCUT2D eigenvalue weighted by atomic mass is 32.2. The standard InChI is InChI=1S/C11H19N3O3S/c15-11(6-3-1-2-4-7-11)9-13-18(16,17)10-5-8-12-14-10/h5,8,13,15H,1-4,6-7,9H2,(H,12,14). The van der Waals surface area contributed by atoms with E-state index in [1.165, 1.54) is 12.3 Å². The number of H-pyrrole nitrogens is 1. The Morgan fingerprint density at radius 2 is 2.00 bits per heavy atom. The Balaban J connectivity index is 1.98. The van der Waals surface area contributed by atoms with Gasteiger partial charge in [-0.1, -0.05) is 25.7 Å². The minimum atomic E-state index is -3.59. The highest BCUT2D eigenvalue weighted by Gasteiger charge is 2.30. The summed E-state index contributed by atoms with van der Waals surface area (Å²) in [5, 5.41) is 16.4. The van der Waals surface area contributed by atoms with E-state index in [1.54, 1.807) is 0 Å². The molecule has 3 N–H and O–H groups in total. The lowest BCUT2D eigenvalue weighted by molar-refractivity contribution is 0.0303. The zero-order valence-corrected chi connectivity index (χ0v) is 11.0. The van der Waals surface area contributed by atoms with Crippen molar-refractivity contribution in [2.45, 2.75) is 49.2 Å². The molecule has 1 saturated carbocycles. The third kappa shape index (κ3) is 3.30. The molecule has 0 unspecified atom stereocenters. The van der Waals surface area contributed by atoms with E-state index in [4.69, 9.17) is 0 Å². The Morgan fingerprint density at radius 3 is 2.56 bits per heavy atom. The quantitative estimate of drug-likeness (QED) is 0.706. The van der Waals surface area contributed by atoms with Crippen LogP contribution < -0.4 is 4.72 Å². The zero-order valence-electron chi connectivity index (χ0n) is 10.2. The smallest absolute Gasteiger partial charge is 0.257 e. The van der Waals surface area contributed by atoms with Crippen molar-refractivity contribution in [3.05, 3.63) is 12.3 Å². The molecule has 18 heavy (non-hydrogen) atoms. The van der Waals surface area contributed by atoms with Gasteiger partial charge in [0, 0.05) is 6.54 Å². The number of aromatic amines is 1. The highest BCUT2D eigenvalue weighted by molar-refractivity contribution is 7.89. The minimum Gasteiger partial charge on any atom is -0.389 e. The van der Waals surface area contributed by atoms with Gasteiger partial charge in [0.1, 0.15) is 0 Å². The Bertz CT molecular complexity index is 462. The first-order valence-corrected chi connectivity index (χ1v) is 7.72. The topological polar surface area (TPSA) is 95.1 Å². The number of nitrogens with zero attached hydrogens (tertiary/aromatic N) is 1. The van der Waals surface area contributed by atoms with Gasteiger partial charge in [-0.25, -0.2) is 13.1 Å². The Hall–Kier alpha value is -0.920. The van der Waals surface area contributed by atoms with E-state index in [1.807, 2.05) is 0 Å². The molecule has 1 aromatic rings. The number of hydrogen-bond donors (Lipinski definition) is 3. The molecular weight excluding hydrogens is 254 g/mol. The first-order chi connectivity index (χ1) is 8.52.